The van der Waals surface area contributed by atoms with Crippen LogP contribution in [-0.4, -0.2) is 43.0 Å². The van der Waals surface area contributed by atoms with Gasteiger partial charge in [0.25, 0.3) is 5.91 Å². The van der Waals surface area contributed by atoms with Gasteiger partial charge < -0.3 is 20.1 Å². The van der Waals surface area contributed by atoms with Crippen LogP contribution in [0.5, 0.6) is 5.88 Å². The number of anilines is 1. The van der Waals surface area contributed by atoms with Crippen molar-refractivity contribution in [3.8, 4) is 5.88 Å². The van der Waals surface area contributed by atoms with Crippen molar-refractivity contribution in [1.82, 2.24) is 10.3 Å². The first-order chi connectivity index (χ1) is 12.9. The molecule has 0 saturated heterocycles. The van der Waals surface area contributed by atoms with Crippen LogP contribution in [0.2, 0.25) is 0 Å². The second-order valence-corrected chi connectivity index (χ2v) is 5.12. The predicted octanol–water partition coefficient (Wildman–Crippen LogP) is 1.28. The van der Waals surface area contributed by atoms with Gasteiger partial charge in [0.2, 0.25) is 11.8 Å². The highest BCUT2D eigenvalue weighted by Gasteiger charge is 2.12. The fourth-order valence-electron chi connectivity index (χ4n) is 1.85. The summed E-state index contributed by atoms with van der Waals surface area (Å²) in [4.78, 5) is 38.9. The quantitative estimate of drug-likeness (QED) is 0.702. The third-order valence-electron chi connectivity index (χ3n) is 3.17. The Kier molecular flexibility index (Phi) is 6.75. The Hall–Kier alpha value is -3.56. The zero-order valence-corrected chi connectivity index (χ0v) is 14.1. The van der Waals surface area contributed by atoms with Crippen molar-refractivity contribution in [3.05, 3.63) is 53.7 Å². The van der Waals surface area contributed by atoms with Crippen molar-refractivity contribution in [2.75, 3.05) is 25.6 Å². The first-order valence-electron chi connectivity index (χ1n) is 7.58. The Balaban J connectivity index is 1.74. The molecule has 8 nitrogen and oxygen atoms in total. The molecule has 0 aliphatic carbocycles. The van der Waals surface area contributed by atoms with E-state index in [1.165, 1.54) is 31.5 Å². The number of carbonyl (C=O) groups excluding carboxylic acids is 3. The van der Waals surface area contributed by atoms with Crippen LogP contribution in [0.15, 0.2) is 36.5 Å². The summed E-state index contributed by atoms with van der Waals surface area (Å²) in [5, 5.41) is 4.50. The lowest BCUT2D eigenvalue weighted by Gasteiger charge is -2.08. The minimum absolute atomic E-state index is 0.0339. The molecule has 0 bridgehead atoms. The highest BCUT2D eigenvalue weighted by molar-refractivity contribution is 5.95. The number of hydrogen-bond acceptors (Lipinski definition) is 6. The molecule has 0 fully saturated rings. The molecule has 2 aromatic rings. The number of esters is 1. The molecule has 142 valence electrons. The summed E-state index contributed by atoms with van der Waals surface area (Å²) in [5.41, 5.74) is 0.159. The van der Waals surface area contributed by atoms with Crippen molar-refractivity contribution >= 4 is 23.5 Å². The van der Waals surface area contributed by atoms with Crippen LogP contribution >= 0.6 is 0 Å². The Morgan fingerprint density at radius 3 is 2.48 bits per heavy atom. The number of hydrogen-bond donors (Lipinski definition) is 2. The van der Waals surface area contributed by atoms with Crippen LogP contribution in [0, 0.1) is 11.6 Å². The van der Waals surface area contributed by atoms with Crippen LogP contribution in [-0.2, 0) is 14.3 Å². The van der Waals surface area contributed by atoms with Crippen molar-refractivity contribution in [3.63, 3.8) is 0 Å². The van der Waals surface area contributed by atoms with Gasteiger partial charge in [-0.3, -0.25) is 9.59 Å². The third kappa shape index (κ3) is 6.03. The first kappa shape index (κ1) is 19.8. The van der Waals surface area contributed by atoms with E-state index in [1.807, 2.05) is 0 Å². The van der Waals surface area contributed by atoms with Crippen LogP contribution in [0.4, 0.5) is 14.5 Å². The van der Waals surface area contributed by atoms with Crippen molar-refractivity contribution < 1.29 is 32.6 Å². The van der Waals surface area contributed by atoms with Crippen LogP contribution < -0.4 is 15.4 Å². The normalized spacial score (nSPS) is 10.0. The van der Waals surface area contributed by atoms with Crippen LogP contribution in [0.25, 0.3) is 0 Å². The third-order valence-corrected chi connectivity index (χ3v) is 3.17. The topological polar surface area (TPSA) is 107 Å². The largest absolute Gasteiger partial charge is 0.481 e. The number of nitrogens with one attached hydrogen (secondary N) is 2. The Morgan fingerprint density at radius 1 is 1.07 bits per heavy atom. The molecular formula is C17H15F2N3O5. The van der Waals surface area contributed by atoms with Gasteiger partial charge in [-0.2, -0.15) is 0 Å². The van der Waals surface area contributed by atoms with Gasteiger partial charge >= 0.3 is 5.97 Å². The molecule has 27 heavy (non-hydrogen) atoms. The second kappa shape index (κ2) is 9.22. The van der Waals surface area contributed by atoms with Gasteiger partial charge in [-0.15, -0.1) is 0 Å². The number of pyridine rings is 1. The van der Waals surface area contributed by atoms with E-state index < -0.39 is 42.6 Å². The minimum atomic E-state index is -1.11. The molecule has 1 heterocycles. The van der Waals surface area contributed by atoms with E-state index in [2.05, 4.69) is 15.6 Å². The van der Waals surface area contributed by atoms with Crippen LogP contribution in [0.1, 0.15) is 10.4 Å². The number of carbonyl (C=O) groups is 3. The van der Waals surface area contributed by atoms with Gasteiger partial charge in [-0.25, -0.2) is 18.6 Å². The summed E-state index contributed by atoms with van der Waals surface area (Å²) >= 11 is 0. The molecule has 0 unspecified atom stereocenters. The van der Waals surface area contributed by atoms with E-state index in [4.69, 9.17) is 9.47 Å². The molecule has 10 heteroatoms. The van der Waals surface area contributed by atoms with Gasteiger partial charge in [-0.1, -0.05) is 0 Å². The average molecular weight is 379 g/mol. The second-order valence-electron chi connectivity index (χ2n) is 5.12. The number of ether oxygens (including phenoxy) is 2. The zero-order chi connectivity index (χ0) is 19.8. The van der Waals surface area contributed by atoms with E-state index in [0.717, 1.165) is 12.1 Å². The Bertz CT molecular complexity index is 843. The van der Waals surface area contributed by atoms with Gasteiger partial charge in [0.1, 0.15) is 0 Å². The highest BCUT2D eigenvalue weighted by Crippen LogP contribution is 2.12. The highest BCUT2D eigenvalue weighted by atomic mass is 19.2. The van der Waals surface area contributed by atoms with Gasteiger partial charge in [0.05, 0.1) is 19.2 Å². The van der Waals surface area contributed by atoms with Crippen molar-refractivity contribution in [2.24, 2.45) is 0 Å². The number of amides is 2. The molecule has 0 aliphatic heterocycles. The van der Waals surface area contributed by atoms with Crippen LogP contribution in [0.3, 0.4) is 0 Å². The molecule has 0 atom stereocenters. The van der Waals surface area contributed by atoms with E-state index in [9.17, 15) is 23.2 Å². The average Bonchev–Trinajstić information content (AvgIpc) is 2.67. The standard InChI is InChI=1S/C17H15F2N3O5/c1-26-16-5-2-10(7-21-16)17(25)27-9-15(24)20-8-14(23)22-11-3-4-12(18)13(19)6-11/h2-7H,8-9H2,1H3,(H,20,24)(H,22,23). The molecule has 1 aromatic carbocycles. The fourth-order valence-corrected chi connectivity index (χ4v) is 1.85. The number of nitrogens with zero attached hydrogens (tertiary/aromatic N) is 1. The predicted molar refractivity (Wildman–Crippen MR) is 89.1 cm³/mol. The molecule has 2 amide bonds. The zero-order valence-electron chi connectivity index (χ0n) is 14.1. The summed E-state index contributed by atoms with van der Waals surface area (Å²) in [6.45, 7) is -1.05. The molecule has 1 aromatic heterocycles. The molecular weight excluding hydrogens is 364 g/mol. The van der Waals surface area contributed by atoms with E-state index >= 15 is 0 Å². The lowest BCUT2D eigenvalue weighted by molar-refractivity contribution is -0.126. The summed E-state index contributed by atoms with van der Waals surface area (Å²) < 4.78 is 35.5. The fraction of sp³-hybridized carbons (Fsp3) is 0.176. The lowest BCUT2D eigenvalue weighted by Crippen LogP contribution is -2.35. The summed E-state index contributed by atoms with van der Waals surface area (Å²) in [7, 11) is 1.42. The molecule has 0 saturated carbocycles. The van der Waals surface area contributed by atoms with E-state index in [-0.39, 0.29) is 11.3 Å². The monoisotopic (exact) mass is 379 g/mol. The smallest absolute Gasteiger partial charge is 0.340 e. The molecule has 2 rings (SSSR count). The Morgan fingerprint density at radius 2 is 1.85 bits per heavy atom. The maximum atomic E-state index is 13.0. The van der Waals surface area contributed by atoms with Gasteiger partial charge in [0, 0.05) is 24.0 Å². The van der Waals surface area contributed by atoms with Crippen molar-refractivity contribution in [1.29, 1.82) is 0 Å². The summed E-state index contributed by atoms with van der Waals surface area (Å²) in [6, 6.07) is 5.71. The SMILES string of the molecule is COc1ccc(C(=O)OCC(=O)NCC(=O)Nc2ccc(F)c(F)c2)cn1. The molecule has 0 radical (unpaired) electrons. The lowest BCUT2D eigenvalue weighted by atomic mass is 10.3. The number of methoxy groups -OCH3 is 1. The number of rotatable bonds is 7. The maximum absolute atomic E-state index is 13.0. The van der Waals surface area contributed by atoms with E-state index in [0.29, 0.717) is 5.88 Å². The summed E-state index contributed by atoms with van der Waals surface area (Å²) in [5.74, 6) is -4.00. The summed E-state index contributed by atoms with van der Waals surface area (Å²) in [6.07, 6.45) is 1.23. The minimum Gasteiger partial charge on any atom is -0.481 e. The maximum Gasteiger partial charge on any atom is 0.340 e. The molecule has 0 aliphatic rings. The van der Waals surface area contributed by atoms with Crippen molar-refractivity contribution in [2.45, 2.75) is 0 Å². The molecule has 0 spiro atoms. The molecule has 2 N–H and O–H groups in total. The number of benzene rings is 1. The number of aromatic nitrogens is 1. The first-order valence-corrected chi connectivity index (χ1v) is 7.58. The number of halogens is 2. The van der Waals surface area contributed by atoms with E-state index in [1.54, 1.807) is 0 Å². The van der Waals surface area contributed by atoms with Gasteiger partial charge in [0.15, 0.2) is 18.2 Å². The van der Waals surface area contributed by atoms with Gasteiger partial charge in [-0.05, 0) is 18.2 Å². The Labute approximate surface area is 152 Å².